The SMILES string of the molecule is CC(C)(C)OC(=O)N1CCC[C@H]2CN(C(=O)C3=CN(c4ncnc5[nH]ccc45)CCS3)CC21. The molecule has 1 unspecified atom stereocenters. The van der Waals surface area contributed by atoms with Crippen LogP contribution in [0.15, 0.2) is 29.7 Å². The average molecular weight is 471 g/mol. The van der Waals surface area contributed by atoms with E-state index < -0.39 is 5.60 Å². The topological polar surface area (TPSA) is 94.7 Å². The molecular formula is C23H30N6O3S. The number of amides is 2. The van der Waals surface area contributed by atoms with E-state index in [4.69, 9.17) is 4.74 Å². The van der Waals surface area contributed by atoms with Crippen molar-refractivity contribution in [2.75, 3.05) is 36.8 Å². The molecule has 2 amide bonds. The van der Waals surface area contributed by atoms with Crippen molar-refractivity contribution in [3.8, 4) is 0 Å². The van der Waals surface area contributed by atoms with E-state index in [9.17, 15) is 9.59 Å². The van der Waals surface area contributed by atoms with Gasteiger partial charge in [-0.3, -0.25) is 4.79 Å². The van der Waals surface area contributed by atoms with Crippen molar-refractivity contribution < 1.29 is 14.3 Å². The molecule has 5 rings (SSSR count). The number of carbonyl (C=O) groups is 2. The molecule has 9 nitrogen and oxygen atoms in total. The number of fused-ring (bicyclic) bond motifs is 2. The fraction of sp³-hybridized carbons (Fsp3) is 0.565. The smallest absolute Gasteiger partial charge is 0.410 e. The number of ether oxygens (including phenoxy) is 1. The number of thioether (sulfide) groups is 1. The molecular weight excluding hydrogens is 440 g/mol. The Bertz CT molecular complexity index is 1090. The number of likely N-dealkylation sites (tertiary alicyclic amines) is 2. The maximum absolute atomic E-state index is 13.5. The van der Waals surface area contributed by atoms with Gasteiger partial charge in [-0.15, -0.1) is 11.8 Å². The fourth-order valence-electron chi connectivity index (χ4n) is 4.92. The van der Waals surface area contributed by atoms with E-state index in [1.54, 1.807) is 18.1 Å². The lowest BCUT2D eigenvalue weighted by atomic mass is 9.92. The molecule has 0 bridgehead atoms. The number of nitrogens with zero attached hydrogens (tertiary/aromatic N) is 5. The van der Waals surface area contributed by atoms with Gasteiger partial charge < -0.3 is 24.4 Å². The van der Waals surface area contributed by atoms with Crippen LogP contribution in [0.4, 0.5) is 10.6 Å². The quantitative estimate of drug-likeness (QED) is 0.720. The lowest BCUT2D eigenvalue weighted by Crippen LogP contribution is -2.50. The van der Waals surface area contributed by atoms with Gasteiger partial charge in [-0.05, 0) is 45.6 Å². The van der Waals surface area contributed by atoms with Crippen molar-refractivity contribution in [3.63, 3.8) is 0 Å². The summed E-state index contributed by atoms with van der Waals surface area (Å²) in [6.07, 6.45) is 7.00. The molecule has 0 spiro atoms. The van der Waals surface area contributed by atoms with Crippen LogP contribution in [-0.2, 0) is 9.53 Å². The Morgan fingerprint density at radius 1 is 1.21 bits per heavy atom. The maximum Gasteiger partial charge on any atom is 0.410 e. The van der Waals surface area contributed by atoms with Crippen LogP contribution in [0.25, 0.3) is 11.0 Å². The van der Waals surface area contributed by atoms with Crippen LogP contribution in [0.2, 0.25) is 0 Å². The molecule has 0 saturated carbocycles. The molecule has 0 aromatic carbocycles. The second-order valence-corrected chi connectivity index (χ2v) is 11.0. The predicted octanol–water partition coefficient (Wildman–Crippen LogP) is 3.21. The van der Waals surface area contributed by atoms with Crippen LogP contribution >= 0.6 is 11.8 Å². The van der Waals surface area contributed by atoms with Crippen LogP contribution < -0.4 is 4.90 Å². The lowest BCUT2D eigenvalue weighted by Gasteiger charge is -2.37. The Kier molecular flexibility index (Phi) is 5.72. The maximum atomic E-state index is 13.5. The fourth-order valence-corrected chi connectivity index (χ4v) is 5.88. The third kappa shape index (κ3) is 4.40. The summed E-state index contributed by atoms with van der Waals surface area (Å²) in [5.74, 6) is 1.93. The van der Waals surface area contributed by atoms with E-state index in [0.29, 0.717) is 30.5 Å². The molecule has 3 aliphatic heterocycles. The van der Waals surface area contributed by atoms with E-state index in [-0.39, 0.29) is 18.0 Å². The monoisotopic (exact) mass is 470 g/mol. The minimum absolute atomic E-state index is 0.0178. The largest absolute Gasteiger partial charge is 0.444 e. The van der Waals surface area contributed by atoms with Crippen LogP contribution in [0.3, 0.4) is 0 Å². The predicted molar refractivity (Wildman–Crippen MR) is 128 cm³/mol. The molecule has 1 N–H and O–H groups in total. The summed E-state index contributed by atoms with van der Waals surface area (Å²) in [7, 11) is 0. The summed E-state index contributed by atoms with van der Waals surface area (Å²) < 4.78 is 5.64. The van der Waals surface area contributed by atoms with Gasteiger partial charge in [0.05, 0.1) is 16.3 Å². The third-order valence-electron chi connectivity index (χ3n) is 6.37. The van der Waals surface area contributed by atoms with Gasteiger partial charge >= 0.3 is 6.09 Å². The number of hydrogen-bond acceptors (Lipinski definition) is 7. The van der Waals surface area contributed by atoms with E-state index in [1.165, 1.54) is 0 Å². The van der Waals surface area contributed by atoms with Crippen molar-refractivity contribution in [2.24, 2.45) is 5.92 Å². The van der Waals surface area contributed by atoms with E-state index in [1.807, 2.05) is 53.9 Å². The van der Waals surface area contributed by atoms with E-state index >= 15 is 0 Å². The van der Waals surface area contributed by atoms with Gasteiger partial charge in [-0.25, -0.2) is 14.8 Å². The van der Waals surface area contributed by atoms with Gasteiger partial charge in [0.2, 0.25) is 0 Å². The summed E-state index contributed by atoms with van der Waals surface area (Å²) in [6, 6.07) is 1.97. The molecule has 2 fully saturated rings. The number of anilines is 1. The highest BCUT2D eigenvalue weighted by molar-refractivity contribution is 8.04. The molecule has 33 heavy (non-hydrogen) atoms. The summed E-state index contributed by atoms with van der Waals surface area (Å²) in [5.41, 5.74) is 0.252. The minimum atomic E-state index is -0.531. The Hall–Kier alpha value is -2.75. The molecule has 10 heteroatoms. The highest BCUT2D eigenvalue weighted by Crippen LogP contribution is 2.35. The highest BCUT2D eigenvalue weighted by atomic mass is 32.2. The molecule has 176 valence electrons. The Balaban J connectivity index is 1.32. The number of nitrogens with one attached hydrogen (secondary N) is 1. The number of aromatic nitrogens is 3. The molecule has 2 saturated heterocycles. The van der Waals surface area contributed by atoms with Gasteiger partial charge in [0.25, 0.3) is 5.91 Å². The van der Waals surface area contributed by atoms with Crippen molar-refractivity contribution >= 4 is 40.6 Å². The van der Waals surface area contributed by atoms with Gasteiger partial charge in [-0.2, -0.15) is 0 Å². The summed E-state index contributed by atoms with van der Waals surface area (Å²) >= 11 is 1.58. The zero-order valence-corrected chi connectivity index (χ0v) is 20.1. The number of rotatable bonds is 2. The van der Waals surface area contributed by atoms with Gasteiger partial charge in [0.1, 0.15) is 23.4 Å². The van der Waals surface area contributed by atoms with Gasteiger partial charge in [0, 0.05) is 44.3 Å². The number of hydrogen-bond donors (Lipinski definition) is 1. The second-order valence-electron chi connectivity index (χ2n) is 9.83. The Morgan fingerprint density at radius 2 is 2.06 bits per heavy atom. The summed E-state index contributed by atoms with van der Waals surface area (Å²) in [4.78, 5) is 44.6. The normalized spacial score (nSPS) is 23.5. The number of H-pyrrole nitrogens is 1. The van der Waals surface area contributed by atoms with Crippen LogP contribution in [0.5, 0.6) is 0 Å². The lowest BCUT2D eigenvalue weighted by molar-refractivity contribution is -0.125. The zero-order chi connectivity index (χ0) is 23.2. The number of aromatic amines is 1. The number of carbonyl (C=O) groups excluding carboxylic acids is 2. The highest BCUT2D eigenvalue weighted by Gasteiger charge is 2.44. The van der Waals surface area contributed by atoms with Crippen LogP contribution in [-0.4, -0.2) is 80.3 Å². The molecule has 0 aliphatic carbocycles. The van der Waals surface area contributed by atoms with Gasteiger partial charge in [-0.1, -0.05) is 0 Å². The molecule has 3 aliphatic rings. The zero-order valence-electron chi connectivity index (χ0n) is 19.3. The summed E-state index contributed by atoms with van der Waals surface area (Å²) in [5, 5.41) is 0.938. The summed E-state index contributed by atoms with van der Waals surface area (Å²) in [6.45, 7) is 8.34. The number of piperidine rings is 1. The first-order valence-corrected chi connectivity index (χ1v) is 12.5. The van der Waals surface area contributed by atoms with Crippen LogP contribution in [0, 0.1) is 5.92 Å². The standard InChI is InChI=1S/C23H30N6O3S/c1-23(2,3)32-22(31)29-8-4-5-15-11-28(12-17(15)29)21(30)18-13-27(9-10-33-18)20-16-6-7-24-19(16)25-14-26-20/h6-7,13-15,17H,4-5,8-12H2,1-3H3,(H,24,25,26)/t15-,17?/m0/s1. The first-order valence-electron chi connectivity index (χ1n) is 11.5. The first-order chi connectivity index (χ1) is 15.8. The van der Waals surface area contributed by atoms with E-state index in [0.717, 1.165) is 42.0 Å². The average Bonchev–Trinajstić information content (AvgIpc) is 3.44. The van der Waals surface area contributed by atoms with Crippen molar-refractivity contribution in [1.29, 1.82) is 0 Å². The molecule has 2 aromatic heterocycles. The molecule has 2 atom stereocenters. The van der Waals surface area contributed by atoms with Gasteiger partial charge in [0.15, 0.2) is 0 Å². The molecule has 5 heterocycles. The van der Waals surface area contributed by atoms with Crippen molar-refractivity contribution in [2.45, 2.75) is 45.3 Å². The molecule has 0 radical (unpaired) electrons. The second kappa shape index (κ2) is 8.55. The minimum Gasteiger partial charge on any atom is -0.444 e. The van der Waals surface area contributed by atoms with Crippen molar-refractivity contribution in [3.05, 3.63) is 29.7 Å². The first kappa shape index (κ1) is 22.1. The van der Waals surface area contributed by atoms with Crippen LogP contribution in [0.1, 0.15) is 33.6 Å². The van der Waals surface area contributed by atoms with E-state index in [2.05, 4.69) is 15.0 Å². The van der Waals surface area contributed by atoms with Crippen molar-refractivity contribution in [1.82, 2.24) is 24.8 Å². The Morgan fingerprint density at radius 3 is 2.88 bits per heavy atom. The molecule has 2 aromatic rings. The third-order valence-corrected chi connectivity index (χ3v) is 7.35. The Labute approximate surface area is 197 Å².